The Morgan fingerprint density at radius 3 is 2.77 bits per heavy atom. The molecular formula is C30H23ClN2O6S. The van der Waals surface area contributed by atoms with Gasteiger partial charge in [-0.2, -0.15) is 0 Å². The standard InChI is InChI=1S/C30H23ClN2O6S/c1-3-12-38-19-8-4-6-16(13-19)25-24(26(34)22-14-17-7-5-9-21(37-2)28(17)39-22)27(35)29(36)33(25)30-32-20-11-10-18(31)15-23(20)40-30/h4-11,13-15,25,35H,3,12H2,1-2H3. The molecule has 0 aliphatic carbocycles. The van der Waals surface area contributed by atoms with E-state index < -0.39 is 23.5 Å². The molecule has 3 aromatic carbocycles. The first kappa shape index (κ1) is 25.9. The Morgan fingerprint density at radius 2 is 1.98 bits per heavy atom. The number of carbonyl (C=O) groups excluding carboxylic acids is 2. The number of nitrogens with zero attached hydrogens (tertiary/aromatic N) is 2. The summed E-state index contributed by atoms with van der Waals surface area (Å²) in [4.78, 5) is 33.6. The van der Waals surface area contributed by atoms with Gasteiger partial charge in [-0.3, -0.25) is 14.5 Å². The number of rotatable bonds is 8. The van der Waals surface area contributed by atoms with Gasteiger partial charge in [0, 0.05) is 10.4 Å². The summed E-state index contributed by atoms with van der Waals surface area (Å²) in [7, 11) is 1.51. The van der Waals surface area contributed by atoms with Crippen molar-refractivity contribution in [2.24, 2.45) is 0 Å². The number of aliphatic hydroxyl groups is 1. The Bertz CT molecular complexity index is 1820. The number of halogens is 1. The highest BCUT2D eigenvalue weighted by Crippen LogP contribution is 2.45. The third-order valence-electron chi connectivity index (χ3n) is 6.60. The molecule has 0 fully saturated rings. The van der Waals surface area contributed by atoms with Gasteiger partial charge in [0.05, 0.1) is 35.5 Å². The summed E-state index contributed by atoms with van der Waals surface area (Å²) in [6.07, 6.45) is 0.812. The molecule has 10 heteroatoms. The number of Topliss-reactive ketones (excluding diaryl/α,β-unsaturated/α-hetero) is 1. The zero-order chi connectivity index (χ0) is 28.0. The number of furan rings is 1. The summed E-state index contributed by atoms with van der Waals surface area (Å²) in [5, 5.41) is 12.7. The molecule has 0 saturated carbocycles. The van der Waals surface area contributed by atoms with Crippen LogP contribution in [0.4, 0.5) is 5.13 Å². The van der Waals surface area contributed by atoms with Gasteiger partial charge in [0.25, 0.3) is 5.91 Å². The van der Waals surface area contributed by atoms with E-state index in [2.05, 4.69) is 4.98 Å². The molecule has 0 bridgehead atoms. The van der Waals surface area contributed by atoms with E-state index in [1.807, 2.05) is 6.92 Å². The smallest absolute Gasteiger partial charge is 0.296 e. The van der Waals surface area contributed by atoms with Gasteiger partial charge in [-0.05, 0) is 54.4 Å². The number of hydrogen-bond acceptors (Lipinski definition) is 8. The molecule has 40 heavy (non-hydrogen) atoms. The minimum absolute atomic E-state index is 0.0323. The topological polar surface area (TPSA) is 102 Å². The highest BCUT2D eigenvalue weighted by molar-refractivity contribution is 7.22. The van der Waals surface area contributed by atoms with Gasteiger partial charge < -0.3 is 19.0 Å². The largest absolute Gasteiger partial charge is 0.503 e. The molecule has 1 unspecified atom stereocenters. The predicted molar refractivity (Wildman–Crippen MR) is 154 cm³/mol. The number of ether oxygens (including phenoxy) is 2. The van der Waals surface area contributed by atoms with Crippen LogP contribution < -0.4 is 14.4 Å². The zero-order valence-corrected chi connectivity index (χ0v) is 23.1. The van der Waals surface area contributed by atoms with Crippen LogP contribution in [-0.4, -0.2) is 35.5 Å². The number of para-hydroxylation sites is 1. The second kappa shape index (κ2) is 10.3. The van der Waals surface area contributed by atoms with Crippen molar-refractivity contribution >= 4 is 60.9 Å². The fourth-order valence-corrected chi connectivity index (χ4v) is 6.04. The Labute approximate surface area is 238 Å². The summed E-state index contributed by atoms with van der Waals surface area (Å²) in [6, 6.07) is 18.2. The molecule has 8 nitrogen and oxygen atoms in total. The van der Waals surface area contributed by atoms with E-state index in [4.69, 9.17) is 25.5 Å². The summed E-state index contributed by atoms with van der Waals surface area (Å²) in [6.45, 7) is 2.50. The number of methoxy groups -OCH3 is 1. The van der Waals surface area contributed by atoms with Crippen molar-refractivity contribution in [3.63, 3.8) is 0 Å². The molecule has 2 aromatic heterocycles. The number of hydrogen-bond donors (Lipinski definition) is 1. The van der Waals surface area contributed by atoms with Crippen LogP contribution in [0.2, 0.25) is 5.02 Å². The summed E-state index contributed by atoms with van der Waals surface area (Å²) in [5.41, 5.74) is 1.48. The van der Waals surface area contributed by atoms with Crippen LogP contribution >= 0.6 is 22.9 Å². The van der Waals surface area contributed by atoms with Crippen LogP contribution in [0.25, 0.3) is 21.2 Å². The molecule has 1 atom stereocenters. The Kier molecular flexibility index (Phi) is 6.69. The number of carbonyl (C=O) groups is 2. The normalized spacial score (nSPS) is 15.4. The first-order chi connectivity index (χ1) is 19.4. The van der Waals surface area contributed by atoms with Gasteiger partial charge in [-0.15, -0.1) is 0 Å². The number of amides is 1. The van der Waals surface area contributed by atoms with Crippen molar-refractivity contribution in [3.05, 3.63) is 94.4 Å². The van der Waals surface area contributed by atoms with E-state index in [-0.39, 0.29) is 11.3 Å². The Hall–Kier alpha value is -4.34. The summed E-state index contributed by atoms with van der Waals surface area (Å²) in [5.74, 6) is -1.03. The lowest BCUT2D eigenvalue weighted by molar-refractivity contribution is -0.117. The first-order valence-corrected chi connectivity index (χ1v) is 13.8. The van der Waals surface area contributed by atoms with Crippen LogP contribution in [0.5, 0.6) is 11.5 Å². The zero-order valence-electron chi connectivity index (χ0n) is 21.5. The van der Waals surface area contributed by atoms with Crippen LogP contribution in [0, 0.1) is 0 Å². The highest BCUT2D eigenvalue weighted by Gasteiger charge is 2.46. The second-order valence-electron chi connectivity index (χ2n) is 9.19. The fourth-order valence-electron chi connectivity index (χ4n) is 4.78. The van der Waals surface area contributed by atoms with E-state index in [9.17, 15) is 14.7 Å². The number of anilines is 1. The van der Waals surface area contributed by atoms with E-state index >= 15 is 0 Å². The lowest BCUT2D eigenvalue weighted by Gasteiger charge is -2.24. The van der Waals surface area contributed by atoms with Gasteiger partial charge in [0.15, 0.2) is 28.0 Å². The number of benzene rings is 3. The molecule has 1 amide bonds. The second-order valence-corrected chi connectivity index (χ2v) is 10.6. The van der Waals surface area contributed by atoms with Gasteiger partial charge in [-0.25, -0.2) is 4.98 Å². The van der Waals surface area contributed by atoms with E-state index in [0.717, 1.165) is 11.1 Å². The number of fused-ring (bicyclic) bond motifs is 2. The maximum Gasteiger partial charge on any atom is 0.296 e. The van der Waals surface area contributed by atoms with E-state index in [0.29, 0.717) is 50.3 Å². The Morgan fingerprint density at radius 1 is 1.15 bits per heavy atom. The summed E-state index contributed by atoms with van der Waals surface area (Å²) >= 11 is 7.42. The molecule has 1 N–H and O–H groups in total. The van der Waals surface area contributed by atoms with Crippen molar-refractivity contribution in [1.29, 1.82) is 0 Å². The van der Waals surface area contributed by atoms with Gasteiger partial charge in [-0.1, -0.05) is 54.1 Å². The first-order valence-electron chi connectivity index (χ1n) is 12.6. The van der Waals surface area contributed by atoms with Gasteiger partial charge in [0.1, 0.15) is 5.75 Å². The highest BCUT2D eigenvalue weighted by atomic mass is 35.5. The summed E-state index contributed by atoms with van der Waals surface area (Å²) < 4.78 is 17.9. The van der Waals surface area contributed by atoms with Gasteiger partial charge in [0.2, 0.25) is 5.78 Å². The molecule has 1 aliphatic rings. The quantitative estimate of drug-likeness (QED) is 0.194. The van der Waals surface area contributed by atoms with E-state index in [1.54, 1.807) is 66.7 Å². The minimum Gasteiger partial charge on any atom is -0.503 e. The fraction of sp³-hybridized carbons (Fsp3) is 0.167. The predicted octanol–water partition coefficient (Wildman–Crippen LogP) is 7.28. The van der Waals surface area contributed by atoms with Crippen molar-refractivity contribution < 1.29 is 28.6 Å². The lowest BCUT2D eigenvalue weighted by Crippen LogP contribution is -2.31. The minimum atomic E-state index is -0.990. The molecule has 3 heterocycles. The van der Waals surface area contributed by atoms with Crippen molar-refractivity contribution in [1.82, 2.24) is 4.98 Å². The molecule has 0 saturated heterocycles. The molecule has 0 radical (unpaired) electrons. The SMILES string of the molecule is CCCOc1cccc(C2C(C(=O)c3cc4cccc(OC)c4o3)=C(O)C(=O)N2c2nc3ccc(Cl)cc3s2)c1. The number of thiazole rings is 1. The lowest BCUT2D eigenvalue weighted by atomic mass is 9.95. The molecule has 0 spiro atoms. The maximum absolute atomic E-state index is 14.0. The number of aromatic nitrogens is 1. The third kappa shape index (κ3) is 4.37. The monoisotopic (exact) mass is 574 g/mol. The Balaban J connectivity index is 1.50. The maximum atomic E-state index is 14.0. The van der Waals surface area contributed by atoms with Crippen LogP contribution in [-0.2, 0) is 4.79 Å². The third-order valence-corrected chi connectivity index (χ3v) is 7.85. The number of aliphatic hydroxyl groups excluding tert-OH is 1. The number of ketones is 1. The van der Waals surface area contributed by atoms with Crippen LogP contribution in [0.3, 0.4) is 0 Å². The molecular weight excluding hydrogens is 552 g/mol. The molecule has 6 rings (SSSR count). The van der Waals surface area contributed by atoms with Crippen molar-refractivity contribution in [3.8, 4) is 11.5 Å². The van der Waals surface area contributed by atoms with Crippen LogP contribution in [0.15, 0.2) is 82.5 Å². The molecule has 1 aliphatic heterocycles. The van der Waals surface area contributed by atoms with E-state index in [1.165, 1.54) is 23.3 Å². The van der Waals surface area contributed by atoms with Gasteiger partial charge >= 0.3 is 0 Å². The van der Waals surface area contributed by atoms with Crippen LogP contribution in [0.1, 0.15) is 35.5 Å². The van der Waals surface area contributed by atoms with Crippen molar-refractivity contribution in [2.75, 3.05) is 18.6 Å². The average Bonchev–Trinajstić information content (AvgIpc) is 3.65. The van der Waals surface area contributed by atoms with Crippen molar-refractivity contribution in [2.45, 2.75) is 19.4 Å². The molecule has 5 aromatic rings. The molecule has 202 valence electrons. The average molecular weight is 575 g/mol.